The fraction of sp³-hybridized carbons (Fsp3) is 0.471. The SMILES string of the molecule is O=C(O)CCC=CC1CCC(c2ccc(Br)cc2)CC1. The maximum atomic E-state index is 10.4. The summed E-state index contributed by atoms with van der Waals surface area (Å²) in [5.74, 6) is 0.607. The van der Waals surface area contributed by atoms with Crippen LogP contribution in [0.3, 0.4) is 0 Å². The summed E-state index contributed by atoms with van der Waals surface area (Å²) >= 11 is 3.47. The summed E-state index contributed by atoms with van der Waals surface area (Å²) in [4.78, 5) is 10.4. The van der Waals surface area contributed by atoms with E-state index in [2.05, 4.69) is 46.3 Å². The molecule has 0 aliphatic heterocycles. The van der Waals surface area contributed by atoms with Crippen LogP contribution in [0.15, 0.2) is 40.9 Å². The van der Waals surface area contributed by atoms with E-state index in [-0.39, 0.29) is 6.42 Å². The third-order valence-electron chi connectivity index (χ3n) is 4.05. The number of aliphatic carboxylic acids is 1. The molecule has 108 valence electrons. The molecule has 1 N–H and O–H groups in total. The molecule has 0 saturated heterocycles. The van der Waals surface area contributed by atoms with Crippen molar-refractivity contribution in [2.75, 3.05) is 0 Å². The number of hydrogen-bond donors (Lipinski definition) is 1. The Morgan fingerprint density at radius 3 is 2.45 bits per heavy atom. The van der Waals surface area contributed by atoms with Crippen LogP contribution < -0.4 is 0 Å². The number of benzene rings is 1. The lowest BCUT2D eigenvalue weighted by Crippen LogP contribution is -2.11. The predicted octanol–water partition coefficient (Wildman–Crippen LogP) is 5.14. The number of hydrogen-bond acceptors (Lipinski definition) is 1. The lowest BCUT2D eigenvalue weighted by Gasteiger charge is -2.27. The Labute approximate surface area is 129 Å². The van der Waals surface area contributed by atoms with E-state index in [1.807, 2.05) is 6.08 Å². The molecule has 0 spiro atoms. The van der Waals surface area contributed by atoms with Crippen LogP contribution in [0.25, 0.3) is 0 Å². The predicted molar refractivity (Wildman–Crippen MR) is 84.9 cm³/mol. The van der Waals surface area contributed by atoms with Gasteiger partial charge in [-0.1, -0.05) is 40.2 Å². The van der Waals surface area contributed by atoms with Crippen LogP contribution >= 0.6 is 15.9 Å². The van der Waals surface area contributed by atoms with E-state index >= 15 is 0 Å². The van der Waals surface area contributed by atoms with E-state index in [0.29, 0.717) is 18.3 Å². The van der Waals surface area contributed by atoms with Crippen molar-refractivity contribution in [1.82, 2.24) is 0 Å². The van der Waals surface area contributed by atoms with Crippen LogP contribution in [-0.2, 0) is 4.79 Å². The van der Waals surface area contributed by atoms with Crippen LogP contribution in [0, 0.1) is 5.92 Å². The lowest BCUT2D eigenvalue weighted by molar-refractivity contribution is -0.136. The third kappa shape index (κ3) is 4.78. The highest BCUT2D eigenvalue weighted by atomic mass is 79.9. The van der Waals surface area contributed by atoms with Crippen molar-refractivity contribution in [2.24, 2.45) is 5.92 Å². The zero-order chi connectivity index (χ0) is 14.4. The fourth-order valence-corrected chi connectivity index (χ4v) is 3.14. The molecular formula is C17H21BrO2. The van der Waals surface area contributed by atoms with Crippen molar-refractivity contribution in [3.8, 4) is 0 Å². The number of carboxylic acids is 1. The summed E-state index contributed by atoms with van der Waals surface area (Å²) in [6, 6.07) is 8.68. The molecule has 1 saturated carbocycles. The molecule has 0 amide bonds. The van der Waals surface area contributed by atoms with Gasteiger partial charge in [0.05, 0.1) is 0 Å². The summed E-state index contributed by atoms with van der Waals surface area (Å²) < 4.78 is 1.14. The van der Waals surface area contributed by atoms with E-state index in [1.165, 1.54) is 31.2 Å². The maximum Gasteiger partial charge on any atom is 0.303 e. The van der Waals surface area contributed by atoms with Crippen LogP contribution in [0.5, 0.6) is 0 Å². The molecule has 1 aliphatic rings. The van der Waals surface area contributed by atoms with Gasteiger partial charge < -0.3 is 5.11 Å². The summed E-state index contributed by atoms with van der Waals surface area (Å²) in [5.41, 5.74) is 1.45. The zero-order valence-electron chi connectivity index (χ0n) is 11.6. The Morgan fingerprint density at radius 1 is 1.20 bits per heavy atom. The monoisotopic (exact) mass is 336 g/mol. The number of carbonyl (C=O) groups is 1. The van der Waals surface area contributed by atoms with Crippen molar-refractivity contribution < 1.29 is 9.90 Å². The second kappa shape index (κ2) is 7.63. The minimum atomic E-state index is -0.714. The molecule has 0 atom stereocenters. The van der Waals surface area contributed by atoms with Gasteiger partial charge >= 0.3 is 5.97 Å². The van der Waals surface area contributed by atoms with Gasteiger partial charge in [0, 0.05) is 10.9 Å². The molecule has 1 aromatic carbocycles. The van der Waals surface area contributed by atoms with Crippen LogP contribution in [-0.4, -0.2) is 11.1 Å². The van der Waals surface area contributed by atoms with Gasteiger partial charge in [-0.05, 0) is 61.6 Å². The maximum absolute atomic E-state index is 10.4. The molecule has 0 unspecified atom stereocenters. The topological polar surface area (TPSA) is 37.3 Å². The number of halogens is 1. The van der Waals surface area contributed by atoms with Gasteiger partial charge in [-0.25, -0.2) is 0 Å². The molecule has 0 aromatic heterocycles. The fourth-order valence-electron chi connectivity index (χ4n) is 2.88. The average Bonchev–Trinajstić information content (AvgIpc) is 2.45. The van der Waals surface area contributed by atoms with E-state index < -0.39 is 5.97 Å². The van der Waals surface area contributed by atoms with Crippen molar-refractivity contribution >= 4 is 21.9 Å². The van der Waals surface area contributed by atoms with E-state index in [0.717, 1.165) is 4.47 Å². The largest absolute Gasteiger partial charge is 0.481 e. The van der Waals surface area contributed by atoms with Gasteiger partial charge in [-0.3, -0.25) is 4.79 Å². The summed E-state index contributed by atoms with van der Waals surface area (Å²) in [6.07, 6.45) is 10.0. The van der Waals surface area contributed by atoms with Crippen molar-refractivity contribution in [2.45, 2.75) is 44.4 Å². The molecule has 1 aliphatic carbocycles. The van der Waals surface area contributed by atoms with Crippen molar-refractivity contribution in [3.63, 3.8) is 0 Å². The Morgan fingerprint density at radius 2 is 1.85 bits per heavy atom. The smallest absolute Gasteiger partial charge is 0.303 e. The quantitative estimate of drug-likeness (QED) is 0.755. The van der Waals surface area contributed by atoms with Gasteiger partial charge in [0.2, 0.25) is 0 Å². The Kier molecular flexibility index (Phi) is 5.84. The molecule has 1 aromatic rings. The number of carboxylic acid groups (broad SMARTS) is 1. The second-order valence-corrected chi connectivity index (χ2v) is 6.44. The van der Waals surface area contributed by atoms with Gasteiger partial charge in [-0.15, -0.1) is 0 Å². The third-order valence-corrected chi connectivity index (χ3v) is 4.58. The normalized spacial score (nSPS) is 23.1. The first-order chi connectivity index (χ1) is 9.65. The second-order valence-electron chi connectivity index (χ2n) is 5.52. The Balaban J connectivity index is 1.77. The highest BCUT2D eigenvalue weighted by Crippen LogP contribution is 2.36. The molecule has 0 radical (unpaired) electrons. The van der Waals surface area contributed by atoms with Crippen LogP contribution in [0.1, 0.15) is 50.0 Å². The summed E-state index contributed by atoms with van der Waals surface area (Å²) in [7, 11) is 0. The standard InChI is InChI=1S/C17H21BrO2/c18-16-11-9-15(10-12-16)14-7-5-13(6-8-14)3-1-2-4-17(19)20/h1,3,9-14H,2,4-8H2,(H,19,20). The summed E-state index contributed by atoms with van der Waals surface area (Å²) in [6.45, 7) is 0. The van der Waals surface area contributed by atoms with Gasteiger partial charge in [0.25, 0.3) is 0 Å². The molecule has 20 heavy (non-hydrogen) atoms. The molecule has 0 bridgehead atoms. The Hall–Kier alpha value is -1.09. The number of rotatable bonds is 5. The lowest BCUT2D eigenvalue weighted by atomic mass is 9.78. The van der Waals surface area contributed by atoms with E-state index in [1.54, 1.807) is 0 Å². The Bertz CT molecular complexity index is 456. The average molecular weight is 337 g/mol. The van der Waals surface area contributed by atoms with Crippen LogP contribution in [0.2, 0.25) is 0 Å². The van der Waals surface area contributed by atoms with E-state index in [4.69, 9.17) is 5.11 Å². The van der Waals surface area contributed by atoms with Crippen molar-refractivity contribution in [1.29, 1.82) is 0 Å². The minimum absolute atomic E-state index is 0.241. The van der Waals surface area contributed by atoms with Gasteiger partial charge in [-0.2, -0.15) is 0 Å². The molecule has 2 nitrogen and oxygen atoms in total. The minimum Gasteiger partial charge on any atom is -0.481 e. The first-order valence-electron chi connectivity index (χ1n) is 7.29. The van der Waals surface area contributed by atoms with Gasteiger partial charge in [0.1, 0.15) is 0 Å². The van der Waals surface area contributed by atoms with Crippen molar-refractivity contribution in [3.05, 3.63) is 46.5 Å². The number of allylic oxidation sites excluding steroid dienone is 2. The van der Waals surface area contributed by atoms with Gasteiger partial charge in [0.15, 0.2) is 0 Å². The zero-order valence-corrected chi connectivity index (χ0v) is 13.2. The highest BCUT2D eigenvalue weighted by Gasteiger charge is 2.20. The highest BCUT2D eigenvalue weighted by molar-refractivity contribution is 9.10. The molecule has 1 fully saturated rings. The molecule has 3 heteroatoms. The first-order valence-corrected chi connectivity index (χ1v) is 8.08. The van der Waals surface area contributed by atoms with E-state index in [9.17, 15) is 4.79 Å². The molecule has 0 heterocycles. The molecule has 2 rings (SSSR count). The first kappa shape index (κ1) is 15.3. The summed E-state index contributed by atoms with van der Waals surface area (Å²) in [5, 5.41) is 8.59. The molecular weight excluding hydrogens is 316 g/mol. The van der Waals surface area contributed by atoms with Crippen LogP contribution in [0.4, 0.5) is 0 Å².